The molecule has 0 saturated carbocycles. The van der Waals surface area contributed by atoms with Crippen molar-refractivity contribution in [3.63, 3.8) is 0 Å². The van der Waals surface area contributed by atoms with Crippen LogP contribution in [0.2, 0.25) is 5.02 Å². The Balaban J connectivity index is 2.46. The van der Waals surface area contributed by atoms with Crippen LogP contribution in [0, 0.1) is 5.82 Å². The normalized spacial score (nSPS) is 12.7. The molecule has 168 valence electrons. The summed E-state index contributed by atoms with van der Waals surface area (Å²) in [5.74, 6) is -2.25. The Morgan fingerprint density at radius 3 is 2.53 bits per heavy atom. The van der Waals surface area contributed by atoms with Crippen molar-refractivity contribution in [3.05, 3.63) is 76.6 Å². The lowest BCUT2D eigenvalue weighted by molar-refractivity contribution is -0.145. The van der Waals surface area contributed by atoms with Gasteiger partial charge < -0.3 is 15.2 Å². The number of aliphatic hydroxyl groups is 1. The van der Waals surface area contributed by atoms with E-state index >= 15 is 0 Å². The first kappa shape index (κ1) is 24.7. The van der Waals surface area contributed by atoms with Crippen LogP contribution in [0.3, 0.4) is 0 Å². The van der Waals surface area contributed by atoms with Crippen LogP contribution in [0.4, 0.5) is 10.1 Å². The van der Waals surface area contributed by atoms with E-state index in [0.717, 1.165) is 7.11 Å². The fourth-order valence-corrected chi connectivity index (χ4v) is 2.68. The number of benzene rings is 2. The summed E-state index contributed by atoms with van der Waals surface area (Å²) in [6, 6.07) is 10.8. The minimum Gasteiger partial charge on any atom is -0.467 e. The number of nitrogens with zero attached hydrogens (tertiary/aromatic N) is 2. The van der Waals surface area contributed by atoms with Crippen LogP contribution >= 0.6 is 11.6 Å². The summed E-state index contributed by atoms with van der Waals surface area (Å²) in [5.41, 5.74) is 0.752. The third kappa shape index (κ3) is 6.73. The zero-order chi connectivity index (χ0) is 23.7. The second kappa shape index (κ2) is 11.7. The standard InChI is InChI=1S/C22H21ClFN3O5/c1-27(18-5-3-4-17(24)11-18)26-19(14-6-8-16(23)9-7-14)10-15(12-28)21(30)25-20(13-29)22(31)32-2/h3-12,20,29H,13H2,1-2H3,(H,25,30)/b15-10+,26-19+. The molecule has 1 amide bonds. The monoisotopic (exact) mass is 461 g/mol. The lowest BCUT2D eigenvalue weighted by Crippen LogP contribution is -2.44. The fourth-order valence-electron chi connectivity index (χ4n) is 2.55. The fraction of sp³-hybridized carbons (Fsp3) is 0.182. The van der Waals surface area contributed by atoms with Crippen LogP contribution in [0.15, 0.2) is 65.3 Å². The first-order valence-corrected chi connectivity index (χ1v) is 9.67. The average Bonchev–Trinajstić information content (AvgIpc) is 2.79. The molecule has 0 bridgehead atoms. The summed E-state index contributed by atoms with van der Waals surface area (Å²) in [5, 5.41) is 17.7. The summed E-state index contributed by atoms with van der Waals surface area (Å²) < 4.78 is 18.1. The molecular weight excluding hydrogens is 441 g/mol. The molecule has 0 aliphatic carbocycles. The van der Waals surface area contributed by atoms with Crippen molar-refractivity contribution in [1.82, 2.24) is 5.32 Å². The van der Waals surface area contributed by atoms with Gasteiger partial charge in [-0.25, -0.2) is 9.18 Å². The maximum atomic E-state index is 13.6. The molecule has 2 aromatic rings. The summed E-state index contributed by atoms with van der Waals surface area (Å²) in [6.07, 6.45) is 1.49. The van der Waals surface area contributed by atoms with Crippen LogP contribution in [-0.4, -0.2) is 55.8 Å². The number of amides is 1. The largest absolute Gasteiger partial charge is 0.467 e. The number of ether oxygens (including phenoxy) is 1. The number of rotatable bonds is 9. The van der Waals surface area contributed by atoms with Gasteiger partial charge in [0.15, 0.2) is 12.3 Å². The number of anilines is 1. The number of nitrogens with one attached hydrogen (secondary N) is 1. The van der Waals surface area contributed by atoms with Crippen LogP contribution < -0.4 is 10.3 Å². The first-order chi connectivity index (χ1) is 15.3. The number of hydrazone groups is 1. The van der Waals surface area contributed by atoms with Crippen LogP contribution in [0.5, 0.6) is 0 Å². The van der Waals surface area contributed by atoms with E-state index in [1.807, 2.05) is 0 Å². The average molecular weight is 462 g/mol. The minimum atomic E-state index is -1.35. The van der Waals surface area contributed by atoms with E-state index < -0.39 is 30.3 Å². The Bertz CT molecular complexity index is 1040. The van der Waals surface area contributed by atoms with Gasteiger partial charge in [0.2, 0.25) is 0 Å². The van der Waals surface area contributed by atoms with Crippen molar-refractivity contribution in [2.24, 2.45) is 5.10 Å². The summed E-state index contributed by atoms with van der Waals surface area (Å²) in [7, 11) is 2.67. The molecule has 0 aliphatic heterocycles. The third-order valence-corrected chi connectivity index (χ3v) is 4.49. The number of hydrogen-bond donors (Lipinski definition) is 2. The van der Waals surface area contributed by atoms with Gasteiger partial charge in [-0.3, -0.25) is 14.6 Å². The minimum absolute atomic E-state index is 0.185. The topological polar surface area (TPSA) is 108 Å². The Morgan fingerprint density at radius 2 is 1.97 bits per heavy atom. The highest BCUT2D eigenvalue weighted by Gasteiger charge is 2.22. The van der Waals surface area contributed by atoms with E-state index in [0.29, 0.717) is 16.3 Å². The van der Waals surface area contributed by atoms with Gasteiger partial charge >= 0.3 is 5.97 Å². The van der Waals surface area contributed by atoms with Crippen molar-refractivity contribution in [1.29, 1.82) is 0 Å². The molecule has 0 spiro atoms. The van der Waals surface area contributed by atoms with E-state index in [2.05, 4.69) is 15.2 Å². The smallest absolute Gasteiger partial charge is 0.330 e. The molecule has 2 N–H and O–H groups in total. The molecule has 2 aromatic carbocycles. The van der Waals surface area contributed by atoms with E-state index in [1.165, 1.54) is 29.3 Å². The molecule has 0 radical (unpaired) electrons. The molecule has 1 unspecified atom stereocenters. The highest BCUT2D eigenvalue weighted by molar-refractivity contribution is 6.30. The Hall–Kier alpha value is -3.56. The second-order valence-electron chi connectivity index (χ2n) is 6.44. The lowest BCUT2D eigenvalue weighted by Gasteiger charge is -2.16. The number of aldehydes is 1. The summed E-state index contributed by atoms with van der Waals surface area (Å²) in [6.45, 7) is -0.717. The molecular formula is C22H21ClFN3O5. The maximum absolute atomic E-state index is 13.6. The lowest BCUT2D eigenvalue weighted by atomic mass is 10.1. The van der Waals surface area contributed by atoms with Gasteiger partial charge in [0, 0.05) is 17.6 Å². The Labute approximate surface area is 188 Å². The highest BCUT2D eigenvalue weighted by atomic mass is 35.5. The van der Waals surface area contributed by atoms with Crippen molar-refractivity contribution in [3.8, 4) is 0 Å². The van der Waals surface area contributed by atoms with Crippen LogP contribution in [0.25, 0.3) is 0 Å². The van der Waals surface area contributed by atoms with Crippen molar-refractivity contribution >= 4 is 41.2 Å². The predicted octanol–water partition coefficient (Wildman–Crippen LogP) is 2.09. The van der Waals surface area contributed by atoms with Gasteiger partial charge in [-0.1, -0.05) is 29.8 Å². The predicted molar refractivity (Wildman–Crippen MR) is 118 cm³/mol. The molecule has 1 atom stereocenters. The van der Waals surface area contributed by atoms with E-state index in [1.54, 1.807) is 37.4 Å². The maximum Gasteiger partial charge on any atom is 0.330 e. The molecule has 0 fully saturated rings. The zero-order valence-corrected chi connectivity index (χ0v) is 18.0. The van der Waals surface area contributed by atoms with Crippen molar-refractivity contribution in [2.45, 2.75) is 6.04 Å². The summed E-state index contributed by atoms with van der Waals surface area (Å²) in [4.78, 5) is 35.8. The SMILES string of the molecule is COC(=O)C(CO)NC(=O)/C(C=O)=C/C(=N\N(C)c1cccc(F)c1)c1ccc(Cl)cc1. The number of methoxy groups -OCH3 is 1. The van der Waals surface area contributed by atoms with E-state index in [-0.39, 0.29) is 17.6 Å². The quantitative estimate of drug-likeness (QED) is 0.113. The molecule has 0 aromatic heterocycles. The molecule has 8 nitrogen and oxygen atoms in total. The molecule has 32 heavy (non-hydrogen) atoms. The molecule has 0 saturated heterocycles. The number of aliphatic hydroxyl groups excluding tert-OH is 1. The number of halogens is 2. The van der Waals surface area contributed by atoms with Gasteiger partial charge in [-0.2, -0.15) is 5.10 Å². The van der Waals surface area contributed by atoms with Gasteiger partial charge in [0.25, 0.3) is 5.91 Å². The third-order valence-electron chi connectivity index (χ3n) is 4.23. The van der Waals surface area contributed by atoms with Crippen LogP contribution in [0.1, 0.15) is 5.56 Å². The molecule has 0 heterocycles. The highest BCUT2D eigenvalue weighted by Crippen LogP contribution is 2.17. The van der Waals surface area contributed by atoms with Crippen molar-refractivity contribution in [2.75, 3.05) is 25.8 Å². The number of allylic oxidation sites excluding steroid dienone is 1. The Kier molecular flexibility index (Phi) is 9.06. The van der Waals surface area contributed by atoms with Gasteiger partial charge in [-0.15, -0.1) is 0 Å². The second-order valence-corrected chi connectivity index (χ2v) is 6.88. The van der Waals surface area contributed by atoms with Gasteiger partial charge in [0.1, 0.15) is 5.82 Å². The van der Waals surface area contributed by atoms with E-state index in [4.69, 9.17) is 11.6 Å². The van der Waals surface area contributed by atoms with Gasteiger partial charge in [-0.05, 0) is 36.4 Å². The molecule has 0 aliphatic rings. The number of carbonyl (C=O) groups is 3. The Morgan fingerprint density at radius 1 is 1.28 bits per heavy atom. The van der Waals surface area contributed by atoms with Crippen molar-refractivity contribution < 1.29 is 28.6 Å². The molecule has 10 heteroatoms. The van der Waals surface area contributed by atoms with E-state index in [9.17, 15) is 23.9 Å². The summed E-state index contributed by atoms with van der Waals surface area (Å²) >= 11 is 5.94. The molecule has 2 rings (SSSR count). The first-order valence-electron chi connectivity index (χ1n) is 9.29. The number of carbonyl (C=O) groups excluding carboxylic acids is 3. The number of esters is 1. The van der Waals surface area contributed by atoms with Crippen LogP contribution in [-0.2, 0) is 19.1 Å². The number of hydrogen-bond acceptors (Lipinski definition) is 7. The zero-order valence-electron chi connectivity index (χ0n) is 17.3. The van der Waals surface area contributed by atoms with Gasteiger partial charge in [0.05, 0.1) is 30.7 Å².